The Morgan fingerprint density at radius 1 is 1.08 bits per heavy atom. The van der Waals surface area contributed by atoms with Crippen LogP contribution < -0.4 is 14.8 Å². The maximum atomic E-state index is 14.5. The minimum Gasteiger partial charge on any atom is -0.489 e. The van der Waals surface area contributed by atoms with Gasteiger partial charge in [-0.05, 0) is 53.4 Å². The Balaban J connectivity index is 1.37. The maximum Gasteiger partial charge on any atom is 0.341 e. The molecule has 0 aliphatic carbocycles. The first-order valence-corrected chi connectivity index (χ1v) is 12.1. The Hall–Kier alpha value is -3.90. The van der Waals surface area contributed by atoms with Gasteiger partial charge in [0.1, 0.15) is 23.4 Å². The molecule has 1 heterocycles. The summed E-state index contributed by atoms with van der Waals surface area (Å²) in [4.78, 5) is 10.9. The molecule has 36 heavy (non-hydrogen) atoms. The van der Waals surface area contributed by atoms with Crippen molar-refractivity contribution >= 4 is 16.7 Å². The van der Waals surface area contributed by atoms with Gasteiger partial charge in [0.25, 0.3) is 0 Å². The van der Waals surface area contributed by atoms with Crippen molar-refractivity contribution in [2.45, 2.75) is 31.4 Å². The van der Waals surface area contributed by atoms with Crippen molar-refractivity contribution in [3.05, 3.63) is 107 Å². The van der Waals surface area contributed by atoms with Crippen LogP contribution in [-0.4, -0.2) is 30.3 Å². The third-order valence-electron chi connectivity index (χ3n) is 6.69. The number of hydrogen-bond donors (Lipinski definition) is 2. The Morgan fingerprint density at radius 3 is 2.72 bits per heavy atom. The number of fused-ring (bicyclic) bond motifs is 2. The van der Waals surface area contributed by atoms with Crippen molar-refractivity contribution in [2.24, 2.45) is 0 Å². The molecule has 5 rings (SSSR count). The fourth-order valence-corrected chi connectivity index (χ4v) is 4.99. The van der Waals surface area contributed by atoms with Crippen molar-refractivity contribution in [3.63, 3.8) is 0 Å². The van der Waals surface area contributed by atoms with Crippen LogP contribution in [0.3, 0.4) is 0 Å². The second-order valence-electron chi connectivity index (χ2n) is 9.17. The first kappa shape index (κ1) is 23.8. The van der Waals surface area contributed by atoms with Gasteiger partial charge in [0.05, 0.1) is 0 Å². The summed E-state index contributed by atoms with van der Waals surface area (Å²) in [6.45, 7) is 2.24. The molecule has 0 radical (unpaired) electrons. The number of aliphatic carboxylic acids is 1. The van der Waals surface area contributed by atoms with Gasteiger partial charge in [-0.1, -0.05) is 60.7 Å². The van der Waals surface area contributed by atoms with E-state index >= 15 is 0 Å². The highest BCUT2D eigenvalue weighted by Crippen LogP contribution is 2.41. The molecular weight excluding hydrogens is 457 g/mol. The molecule has 2 N–H and O–H groups in total. The van der Waals surface area contributed by atoms with Crippen LogP contribution in [0.1, 0.15) is 42.0 Å². The fraction of sp³-hybridized carbons (Fsp3) is 0.233. The fourth-order valence-electron chi connectivity index (χ4n) is 4.99. The molecular formula is C30H28FNO4. The lowest BCUT2D eigenvalue weighted by molar-refractivity contribution is -0.139. The lowest BCUT2D eigenvalue weighted by Gasteiger charge is -2.33. The Kier molecular flexibility index (Phi) is 6.87. The van der Waals surface area contributed by atoms with Gasteiger partial charge in [-0.3, -0.25) is 0 Å². The molecule has 0 bridgehead atoms. The molecule has 4 aromatic carbocycles. The third-order valence-corrected chi connectivity index (χ3v) is 6.69. The highest BCUT2D eigenvalue weighted by molar-refractivity contribution is 5.86. The van der Waals surface area contributed by atoms with Crippen LogP contribution in [0.5, 0.6) is 11.5 Å². The van der Waals surface area contributed by atoms with Gasteiger partial charge >= 0.3 is 5.97 Å². The highest BCUT2D eigenvalue weighted by atomic mass is 19.1. The monoisotopic (exact) mass is 485 g/mol. The van der Waals surface area contributed by atoms with E-state index in [1.807, 2.05) is 30.3 Å². The summed E-state index contributed by atoms with van der Waals surface area (Å²) in [5.74, 6) is -0.705. The van der Waals surface area contributed by atoms with E-state index < -0.39 is 18.4 Å². The van der Waals surface area contributed by atoms with Gasteiger partial charge in [0.15, 0.2) is 6.61 Å². The first-order chi connectivity index (χ1) is 17.5. The lowest BCUT2D eigenvalue weighted by atomic mass is 9.84. The summed E-state index contributed by atoms with van der Waals surface area (Å²) in [6.07, 6.45) is 0.516. The van der Waals surface area contributed by atoms with E-state index in [0.717, 1.165) is 16.9 Å². The molecule has 0 amide bonds. The van der Waals surface area contributed by atoms with Crippen molar-refractivity contribution in [1.82, 2.24) is 5.32 Å². The van der Waals surface area contributed by atoms with Crippen molar-refractivity contribution in [2.75, 3.05) is 13.2 Å². The highest BCUT2D eigenvalue weighted by Gasteiger charge is 2.30. The number of halogens is 1. The molecule has 6 heteroatoms. The smallest absolute Gasteiger partial charge is 0.341 e. The number of rotatable bonds is 8. The molecule has 0 saturated carbocycles. The number of benzene rings is 4. The van der Waals surface area contributed by atoms with Crippen LogP contribution in [0.2, 0.25) is 0 Å². The number of carbonyl (C=O) groups is 1. The number of nitrogens with one attached hydrogen (secondary N) is 1. The molecule has 0 saturated heterocycles. The molecule has 1 aliphatic heterocycles. The molecule has 5 nitrogen and oxygen atoms in total. The SMILES string of the molecule is C[C@@H](NC[C@H]1C[C@@H](c2cc(F)cc(OCC(=O)O)c2)c2ccccc2O1)c1cccc2ccccc12. The third kappa shape index (κ3) is 5.19. The second-order valence-corrected chi connectivity index (χ2v) is 9.17. The molecule has 0 fully saturated rings. The topological polar surface area (TPSA) is 67.8 Å². The lowest BCUT2D eigenvalue weighted by Crippen LogP contribution is -2.37. The van der Waals surface area contributed by atoms with E-state index in [1.54, 1.807) is 6.07 Å². The predicted octanol–water partition coefficient (Wildman–Crippen LogP) is 6.08. The summed E-state index contributed by atoms with van der Waals surface area (Å²) >= 11 is 0. The number of carboxylic acid groups (broad SMARTS) is 1. The van der Waals surface area contributed by atoms with Gasteiger partial charge in [0.2, 0.25) is 0 Å². The van der Waals surface area contributed by atoms with Gasteiger partial charge in [-0.15, -0.1) is 0 Å². The zero-order valence-electron chi connectivity index (χ0n) is 20.0. The number of para-hydroxylation sites is 1. The van der Waals surface area contributed by atoms with E-state index in [4.69, 9.17) is 14.6 Å². The van der Waals surface area contributed by atoms with Crippen molar-refractivity contribution < 1.29 is 23.8 Å². The molecule has 0 spiro atoms. The summed E-state index contributed by atoms with van der Waals surface area (Å²) < 4.78 is 26.1. The predicted molar refractivity (Wildman–Crippen MR) is 137 cm³/mol. The van der Waals surface area contributed by atoms with Crippen molar-refractivity contribution in [3.8, 4) is 11.5 Å². The standard InChI is InChI=1S/C30H28FNO4/c1-19(25-11-6-8-20-7-2-3-9-26(20)25)32-17-24-16-28(27-10-4-5-12-29(27)36-24)21-13-22(31)15-23(14-21)35-18-30(33)34/h2-15,19,24,28,32H,16-18H2,1H3,(H,33,34)/t19-,24-,28+/m1/s1. The number of hydrogen-bond acceptors (Lipinski definition) is 4. The maximum absolute atomic E-state index is 14.5. The van der Waals surface area contributed by atoms with Crippen LogP contribution >= 0.6 is 0 Å². The summed E-state index contributed by atoms with van der Waals surface area (Å²) in [7, 11) is 0. The summed E-state index contributed by atoms with van der Waals surface area (Å²) in [5.41, 5.74) is 2.94. The Morgan fingerprint density at radius 2 is 1.86 bits per heavy atom. The minimum absolute atomic E-state index is 0.112. The Bertz CT molecular complexity index is 1380. The average Bonchev–Trinajstić information content (AvgIpc) is 2.89. The number of carboxylic acids is 1. The quantitative estimate of drug-likeness (QED) is 0.317. The van der Waals surface area contributed by atoms with Crippen LogP contribution in [0, 0.1) is 5.82 Å². The number of ether oxygens (including phenoxy) is 2. The largest absolute Gasteiger partial charge is 0.489 e. The zero-order chi connectivity index (χ0) is 25.1. The molecule has 4 aromatic rings. The average molecular weight is 486 g/mol. The van der Waals surface area contributed by atoms with Crippen molar-refractivity contribution in [1.29, 1.82) is 0 Å². The second kappa shape index (κ2) is 10.4. The molecule has 0 unspecified atom stereocenters. The van der Waals surface area contributed by atoms with Gasteiger partial charge in [-0.25, -0.2) is 9.18 Å². The van der Waals surface area contributed by atoms with Gasteiger partial charge in [-0.2, -0.15) is 0 Å². The van der Waals surface area contributed by atoms with E-state index in [-0.39, 0.29) is 23.8 Å². The van der Waals surface area contributed by atoms with Crippen LogP contribution in [0.4, 0.5) is 4.39 Å². The van der Waals surface area contributed by atoms with E-state index in [9.17, 15) is 9.18 Å². The van der Waals surface area contributed by atoms with Crippen LogP contribution in [0.15, 0.2) is 84.9 Å². The van der Waals surface area contributed by atoms with E-state index in [0.29, 0.717) is 13.0 Å². The van der Waals surface area contributed by atoms with Crippen LogP contribution in [0.25, 0.3) is 10.8 Å². The Labute approximate surface area is 209 Å². The zero-order valence-corrected chi connectivity index (χ0v) is 20.0. The van der Waals surface area contributed by atoms with Gasteiger partial charge < -0.3 is 19.9 Å². The molecule has 3 atom stereocenters. The first-order valence-electron chi connectivity index (χ1n) is 12.1. The van der Waals surface area contributed by atoms with E-state index in [2.05, 4.69) is 48.6 Å². The summed E-state index contributed by atoms with van der Waals surface area (Å²) in [5, 5.41) is 15.0. The summed E-state index contributed by atoms with van der Waals surface area (Å²) in [6, 6.07) is 27.0. The molecule has 184 valence electrons. The molecule has 1 aliphatic rings. The minimum atomic E-state index is -1.11. The van der Waals surface area contributed by atoms with E-state index in [1.165, 1.54) is 28.5 Å². The van der Waals surface area contributed by atoms with Gasteiger partial charge in [0, 0.05) is 30.1 Å². The molecule has 0 aromatic heterocycles. The van der Waals surface area contributed by atoms with Crippen LogP contribution in [-0.2, 0) is 4.79 Å². The normalized spacial score (nSPS) is 17.7.